The third-order valence-corrected chi connectivity index (χ3v) is 1.44. The number of aliphatic carboxylic acids is 1. The van der Waals surface area contributed by atoms with Crippen molar-refractivity contribution in [1.29, 1.82) is 0 Å². The zero-order valence-electron chi connectivity index (χ0n) is 5.94. The molecule has 0 amide bonds. The van der Waals surface area contributed by atoms with E-state index in [4.69, 9.17) is 22.4 Å². The highest BCUT2D eigenvalue weighted by Gasteiger charge is 2.15. The van der Waals surface area contributed by atoms with Gasteiger partial charge >= 0.3 is 5.97 Å². The van der Waals surface area contributed by atoms with Crippen molar-refractivity contribution in [1.82, 2.24) is 10.2 Å². The lowest BCUT2D eigenvalue weighted by Crippen LogP contribution is -2.22. The molecule has 3 N–H and O–H groups in total. The summed E-state index contributed by atoms with van der Waals surface area (Å²) >= 11 is 5.43. The predicted octanol–water partition coefficient (Wildman–Crippen LogP) is 0.214. The van der Waals surface area contributed by atoms with E-state index in [1.807, 2.05) is 0 Å². The van der Waals surface area contributed by atoms with Crippen molar-refractivity contribution >= 4 is 17.6 Å². The van der Waals surface area contributed by atoms with E-state index in [0.29, 0.717) is 0 Å². The van der Waals surface area contributed by atoms with Gasteiger partial charge in [0.25, 0.3) is 0 Å². The van der Waals surface area contributed by atoms with E-state index in [9.17, 15) is 4.79 Å². The van der Waals surface area contributed by atoms with Gasteiger partial charge in [-0.15, -0.1) is 5.10 Å². The molecule has 1 unspecified atom stereocenters. The van der Waals surface area contributed by atoms with Crippen LogP contribution in [0.25, 0.3) is 0 Å². The molecule has 1 atom stereocenters. The molecule has 0 aliphatic rings. The van der Waals surface area contributed by atoms with Gasteiger partial charge in [0.2, 0.25) is 0 Å². The lowest BCUT2D eigenvalue weighted by molar-refractivity contribution is -0.138. The number of carboxylic acid groups (broad SMARTS) is 1. The Kier molecular flexibility index (Phi) is 2.57. The van der Waals surface area contributed by atoms with E-state index in [1.54, 1.807) is 0 Å². The predicted molar refractivity (Wildman–Crippen MR) is 41.6 cm³/mol. The minimum absolute atomic E-state index is 0.187. The molecule has 1 rings (SSSR count). The summed E-state index contributed by atoms with van der Waals surface area (Å²) in [5.41, 5.74) is 5.43. The lowest BCUT2D eigenvalue weighted by atomic mass is 10.2. The molecule has 6 heteroatoms. The van der Waals surface area contributed by atoms with Crippen molar-refractivity contribution in [2.45, 2.75) is 6.04 Å². The van der Waals surface area contributed by atoms with Crippen LogP contribution in [0.5, 0.6) is 0 Å². The first kappa shape index (κ1) is 8.89. The maximum absolute atomic E-state index is 10.4. The van der Waals surface area contributed by atoms with Gasteiger partial charge in [-0.05, 0) is 12.1 Å². The second-order valence-corrected chi connectivity index (χ2v) is 2.48. The van der Waals surface area contributed by atoms with Gasteiger partial charge < -0.3 is 10.8 Å². The zero-order valence-corrected chi connectivity index (χ0v) is 6.69. The number of hydrogen-bond acceptors (Lipinski definition) is 4. The number of aromatic nitrogens is 2. The summed E-state index contributed by atoms with van der Waals surface area (Å²) in [6.07, 6.45) is 0. The van der Waals surface area contributed by atoms with Gasteiger partial charge in [0.05, 0.1) is 5.69 Å². The van der Waals surface area contributed by atoms with E-state index >= 15 is 0 Å². The lowest BCUT2D eigenvalue weighted by Gasteiger charge is -2.02. The molecule has 0 spiro atoms. The van der Waals surface area contributed by atoms with Crippen molar-refractivity contribution in [3.8, 4) is 0 Å². The molecule has 1 heterocycles. The Hall–Kier alpha value is -1.20. The van der Waals surface area contributed by atoms with Crippen molar-refractivity contribution in [2.24, 2.45) is 5.73 Å². The third kappa shape index (κ3) is 1.90. The topological polar surface area (TPSA) is 89.1 Å². The van der Waals surface area contributed by atoms with Gasteiger partial charge in [-0.2, -0.15) is 5.10 Å². The molecule has 0 aromatic carbocycles. The molecule has 5 nitrogen and oxygen atoms in total. The largest absolute Gasteiger partial charge is 0.480 e. The summed E-state index contributed by atoms with van der Waals surface area (Å²) in [4.78, 5) is 10.4. The molecule has 0 aliphatic heterocycles. The Morgan fingerprint density at radius 2 is 2.25 bits per heavy atom. The number of halogens is 1. The summed E-state index contributed by atoms with van der Waals surface area (Å²) in [6.45, 7) is 0. The number of carboxylic acids is 1. The number of nitrogens with zero attached hydrogens (tertiary/aromatic N) is 2. The quantitative estimate of drug-likeness (QED) is 0.691. The van der Waals surface area contributed by atoms with E-state index in [2.05, 4.69) is 10.2 Å². The van der Waals surface area contributed by atoms with Gasteiger partial charge in [-0.3, -0.25) is 4.79 Å². The molecule has 0 saturated heterocycles. The number of carbonyl (C=O) groups is 1. The normalized spacial score (nSPS) is 12.5. The van der Waals surface area contributed by atoms with Crippen LogP contribution < -0.4 is 5.73 Å². The highest BCUT2D eigenvalue weighted by atomic mass is 35.5. The summed E-state index contributed by atoms with van der Waals surface area (Å²) in [7, 11) is 0. The fraction of sp³-hybridized carbons (Fsp3) is 0.167. The highest BCUT2D eigenvalue weighted by Crippen LogP contribution is 2.08. The molecular formula is C6H6ClN3O2. The first-order valence-electron chi connectivity index (χ1n) is 3.09. The molecule has 0 saturated carbocycles. The van der Waals surface area contributed by atoms with Crippen LogP contribution in [0.2, 0.25) is 5.15 Å². The summed E-state index contributed by atoms with van der Waals surface area (Å²) in [5, 5.41) is 15.7. The average molecular weight is 188 g/mol. The SMILES string of the molecule is NC(C(=O)O)c1ccc(Cl)nn1. The first-order valence-corrected chi connectivity index (χ1v) is 3.46. The van der Waals surface area contributed by atoms with Crippen LogP contribution in [0.1, 0.15) is 11.7 Å². The Labute approximate surface area is 73.2 Å². The van der Waals surface area contributed by atoms with Crippen molar-refractivity contribution < 1.29 is 9.90 Å². The second kappa shape index (κ2) is 3.46. The molecular weight excluding hydrogens is 182 g/mol. The molecule has 1 aromatic heterocycles. The Bertz CT molecular complexity index is 287. The number of rotatable bonds is 2. The standard InChI is InChI=1S/C6H6ClN3O2/c7-4-2-1-3(9-10-4)5(8)6(11)12/h1-2,5H,8H2,(H,11,12). The second-order valence-electron chi connectivity index (χ2n) is 2.10. The van der Waals surface area contributed by atoms with Gasteiger partial charge in [-0.1, -0.05) is 11.6 Å². The van der Waals surface area contributed by atoms with E-state index in [1.165, 1.54) is 12.1 Å². The Morgan fingerprint density at radius 3 is 2.67 bits per heavy atom. The maximum Gasteiger partial charge on any atom is 0.326 e. The van der Waals surface area contributed by atoms with Crippen LogP contribution in [0, 0.1) is 0 Å². The molecule has 1 aromatic rings. The number of nitrogens with two attached hydrogens (primary N) is 1. The Balaban J connectivity index is 2.89. The van der Waals surface area contributed by atoms with Gasteiger partial charge in [-0.25, -0.2) is 0 Å². The smallest absolute Gasteiger partial charge is 0.326 e. The van der Waals surface area contributed by atoms with Crippen LogP contribution in [0.4, 0.5) is 0 Å². The van der Waals surface area contributed by atoms with Crippen LogP contribution in [0.3, 0.4) is 0 Å². The van der Waals surface area contributed by atoms with Crippen LogP contribution in [-0.4, -0.2) is 21.3 Å². The maximum atomic E-state index is 10.4. The van der Waals surface area contributed by atoms with Gasteiger partial charge in [0, 0.05) is 0 Å². The van der Waals surface area contributed by atoms with E-state index in [-0.39, 0.29) is 10.8 Å². The van der Waals surface area contributed by atoms with Crippen LogP contribution >= 0.6 is 11.6 Å². The molecule has 0 aliphatic carbocycles. The van der Waals surface area contributed by atoms with Gasteiger partial charge in [0.1, 0.15) is 6.04 Å². The summed E-state index contributed by atoms with van der Waals surface area (Å²) < 4.78 is 0. The molecule has 0 bridgehead atoms. The highest BCUT2D eigenvalue weighted by molar-refractivity contribution is 6.29. The average Bonchev–Trinajstić information content (AvgIpc) is 2.04. The summed E-state index contributed by atoms with van der Waals surface area (Å²) in [5.74, 6) is -1.15. The first-order chi connectivity index (χ1) is 5.61. The van der Waals surface area contributed by atoms with Crippen LogP contribution in [-0.2, 0) is 4.79 Å². The van der Waals surface area contributed by atoms with Crippen molar-refractivity contribution in [3.63, 3.8) is 0 Å². The fourth-order valence-electron chi connectivity index (χ4n) is 0.619. The molecule has 64 valence electrons. The van der Waals surface area contributed by atoms with Crippen molar-refractivity contribution in [3.05, 3.63) is 23.0 Å². The zero-order chi connectivity index (χ0) is 9.14. The molecule has 0 radical (unpaired) electrons. The van der Waals surface area contributed by atoms with E-state index in [0.717, 1.165) is 0 Å². The fourth-order valence-corrected chi connectivity index (χ4v) is 0.719. The van der Waals surface area contributed by atoms with Crippen molar-refractivity contribution in [2.75, 3.05) is 0 Å². The van der Waals surface area contributed by atoms with Gasteiger partial charge in [0.15, 0.2) is 5.15 Å². The monoisotopic (exact) mass is 187 g/mol. The van der Waals surface area contributed by atoms with Crippen LogP contribution in [0.15, 0.2) is 12.1 Å². The molecule has 0 fully saturated rings. The summed E-state index contributed by atoms with van der Waals surface area (Å²) in [6, 6.07) is 1.72. The number of hydrogen-bond donors (Lipinski definition) is 2. The minimum Gasteiger partial charge on any atom is -0.480 e. The van der Waals surface area contributed by atoms with E-state index < -0.39 is 12.0 Å². The minimum atomic E-state index is -1.15. The molecule has 12 heavy (non-hydrogen) atoms. The third-order valence-electron chi connectivity index (χ3n) is 1.24. The Morgan fingerprint density at radius 1 is 1.58 bits per heavy atom.